The van der Waals surface area contributed by atoms with Crippen molar-refractivity contribution in [1.29, 1.82) is 0 Å². The molecule has 0 bridgehead atoms. The van der Waals surface area contributed by atoms with Gasteiger partial charge in [0.05, 0.1) is 20.1 Å². The molecule has 1 aromatic carbocycles. The van der Waals surface area contributed by atoms with Crippen LogP contribution in [-0.4, -0.2) is 31.4 Å². The van der Waals surface area contributed by atoms with Gasteiger partial charge in [0.25, 0.3) is 0 Å². The third-order valence-corrected chi connectivity index (χ3v) is 4.10. The number of carbonyl (C=O) groups excluding carboxylic acids is 1. The van der Waals surface area contributed by atoms with E-state index in [0.717, 1.165) is 23.3 Å². The Kier molecular flexibility index (Phi) is 8.10. The number of benzene rings is 1. The number of methoxy groups -OCH3 is 1. The third-order valence-electron chi connectivity index (χ3n) is 4.10. The summed E-state index contributed by atoms with van der Waals surface area (Å²) in [6.07, 6.45) is 4.88. The van der Waals surface area contributed by atoms with E-state index in [1.807, 2.05) is 18.2 Å². The molecule has 0 atom stereocenters. The monoisotopic (exact) mass is 322 g/mol. The first-order valence-electron chi connectivity index (χ1n) is 8.38. The number of esters is 1. The minimum absolute atomic E-state index is 0.00841. The zero-order valence-corrected chi connectivity index (χ0v) is 14.9. The maximum Gasteiger partial charge on any atom is 0.310 e. The number of hydrogen-bond donors (Lipinski definition) is 1. The van der Waals surface area contributed by atoms with Crippen LogP contribution >= 0.6 is 0 Å². The summed E-state index contributed by atoms with van der Waals surface area (Å²) in [7, 11) is 1.68. The summed E-state index contributed by atoms with van der Waals surface area (Å²) >= 11 is 0. The van der Waals surface area contributed by atoms with Crippen LogP contribution in [0.15, 0.2) is 18.2 Å². The molecule has 130 valence electrons. The molecule has 0 saturated heterocycles. The fraction of sp³-hybridized carbons (Fsp3) is 0.632. The molecule has 0 aliphatic rings. The van der Waals surface area contributed by atoms with Gasteiger partial charge in [-0.2, -0.15) is 0 Å². The van der Waals surface area contributed by atoms with Gasteiger partial charge in [0.2, 0.25) is 0 Å². The topological polar surface area (TPSA) is 55.8 Å². The van der Waals surface area contributed by atoms with Crippen LogP contribution in [0.3, 0.4) is 0 Å². The van der Waals surface area contributed by atoms with E-state index in [-0.39, 0.29) is 31.0 Å². The average Bonchev–Trinajstić information content (AvgIpc) is 2.53. The zero-order valence-electron chi connectivity index (χ0n) is 14.9. The van der Waals surface area contributed by atoms with Crippen LogP contribution in [0.25, 0.3) is 0 Å². The van der Waals surface area contributed by atoms with Crippen molar-refractivity contribution in [2.45, 2.75) is 58.3 Å². The SMILES string of the molecule is CCCCCC(C)(C)c1cc(CC(=O)OCCO)ccc1OC. The molecule has 1 aromatic rings. The van der Waals surface area contributed by atoms with Gasteiger partial charge in [0.1, 0.15) is 12.4 Å². The number of rotatable bonds is 10. The predicted octanol–water partition coefficient (Wildman–Crippen LogP) is 3.63. The number of unbranched alkanes of at least 4 members (excludes halogenated alkanes) is 2. The molecule has 1 rings (SSSR count). The van der Waals surface area contributed by atoms with E-state index in [9.17, 15) is 4.79 Å². The second-order valence-electron chi connectivity index (χ2n) is 6.50. The normalized spacial score (nSPS) is 11.3. The van der Waals surface area contributed by atoms with Crippen molar-refractivity contribution in [1.82, 2.24) is 0 Å². The van der Waals surface area contributed by atoms with Gasteiger partial charge >= 0.3 is 5.97 Å². The lowest BCUT2D eigenvalue weighted by molar-refractivity contribution is -0.143. The fourth-order valence-corrected chi connectivity index (χ4v) is 2.72. The summed E-state index contributed by atoms with van der Waals surface area (Å²) in [5.74, 6) is 0.540. The molecule has 4 heteroatoms. The van der Waals surface area contributed by atoms with E-state index in [4.69, 9.17) is 14.6 Å². The van der Waals surface area contributed by atoms with Gasteiger partial charge in [0.15, 0.2) is 0 Å². The molecular weight excluding hydrogens is 292 g/mol. The summed E-state index contributed by atoms with van der Waals surface area (Å²) in [5.41, 5.74) is 2.03. The van der Waals surface area contributed by atoms with E-state index in [1.165, 1.54) is 19.3 Å². The Morgan fingerprint density at radius 3 is 2.61 bits per heavy atom. The highest BCUT2D eigenvalue weighted by atomic mass is 16.5. The standard InChI is InChI=1S/C19H30O4/c1-5-6-7-10-19(2,3)16-13-15(8-9-17(16)22-4)14-18(21)23-12-11-20/h8-9,13,20H,5-7,10-12,14H2,1-4H3. The van der Waals surface area contributed by atoms with Crippen LogP contribution in [0.1, 0.15) is 57.6 Å². The number of carbonyl (C=O) groups is 1. The van der Waals surface area contributed by atoms with Gasteiger partial charge in [-0.1, -0.05) is 52.2 Å². The van der Waals surface area contributed by atoms with Crippen LogP contribution in [0.4, 0.5) is 0 Å². The van der Waals surface area contributed by atoms with Crippen LogP contribution in [0.5, 0.6) is 5.75 Å². The van der Waals surface area contributed by atoms with E-state index in [2.05, 4.69) is 20.8 Å². The summed E-state index contributed by atoms with van der Waals surface area (Å²) in [6, 6.07) is 5.86. The molecule has 0 aromatic heterocycles. The first-order chi connectivity index (χ1) is 10.9. The predicted molar refractivity (Wildman–Crippen MR) is 91.9 cm³/mol. The van der Waals surface area contributed by atoms with Crippen molar-refractivity contribution >= 4 is 5.97 Å². The molecule has 0 heterocycles. The lowest BCUT2D eigenvalue weighted by Gasteiger charge is -2.28. The maximum absolute atomic E-state index is 11.7. The molecule has 23 heavy (non-hydrogen) atoms. The molecule has 1 N–H and O–H groups in total. The Hall–Kier alpha value is -1.55. The first kappa shape index (κ1) is 19.5. The summed E-state index contributed by atoms with van der Waals surface area (Å²) in [6.45, 7) is 6.53. The molecule has 0 unspecified atom stereocenters. The second-order valence-corrected chi connectivity index (χ2v) is 6.50. The van der Waals surface area contributed by atoms with Crippen LogP contribution in [-0.2, 0) is 21.4 Å². The molecular formula is C19H30O4. The van der Waals surface area contributed by atoms with E-state index < -0.39 is 0 Å². The quantitative estimate of drug-likeness (QED) is 0.528. The van der Waals surface area contributed by atoms with Crippen LogP contribution < -0.4 is 4.74 Å². The highest BCUT2D eigenvalue weighted by molar-refractivity contribution is 5.72. The van der Waals surface area contributed by atoms with E-state index in [1.54, 1.807) is 7.11 Å². The van der Waals surface area contributed by atoms with Crippen molar-refractivity contribution in [2.75, 3.05) is 20.3 Å². The molecule has 4 nitrogen and oxygen atoms in total. The van der Waals surface area contributed by atoms with Crippen molar-refractivity contribution < 1.29 is 19.4 Å². The van der Waals surface area contributed by atoms with Crippen molar-refractivity contribution in [3.63, 3.8) is 0 Å². The van der Waals surface area contributed by atoms with Crippen molar-refractivity contribution in [2.24, 2.45) is 0 Å². The van der Waals surface area contributed by atoms with Gasteiger partial charge in [-0.05, 0) is 23.5 Å². The number of ether oxygens (including phenoxy) is 2. The second kappa shape index (κ2) is 9.56. The van der Waals surface area contributed by atoms with Gasteiger partial charge in [-0.3, -0.25) is 4.79 Å². The fourth-order valence-electron chi connectivity index (χ4n) is 2.72. The van der Waals surface area contributed by atoms with Crippen molar-refractivity contribution in [3.8, 4) is 5.75 Å². The maximum atomic E-state index is 11.7. The van der Waals surface area contributed by atoms with Gasteiger partial charge in [-0.15, -0.1) is 0 Å². The van der Waals surface area contributed by atoms with Gasteiger partial charge in [0, 0.05) is 5.56 Å². The molecule has 0 aliphatic carbocycles. The van der Waals surface area contributed by atoms with Crippen LogP contribution in [0.2, 0.25) is 0 Å². The molecule has 0 radical (unpaired) electrons. The highest BCUT2D eigenvalue weighted by Gasteiger charge is 2.24. The Labute approximate surface area is 139 Å². The van der Waals surface area contributed by atoms with E-state index >= 15 is 0 Å². The van der Waals surface area contributed by atoms with E-state index in [0.29, 0.717) is 0 Å². The minimum Gasteiger partial charge on any atom is -0.496 e. The smallest absolute Gasteiger partial charge is 0.310 e. The highest BCUT2D eigenvalue weighted by Crippen LogP contribution is 2.36. The zero-order chi connectivity index (χ0) is 17.3. The largest absolute Gasteiger partial charge is 0.496 e. The summed E-state index contributed by atoms with van der Waals surface area (Å²) < 4.78 is 10.5. The molecule has 0 spiro atoms. The third kappa shape index (κ3) is 6.22. The van der Waals surface area contributed by atoms with Crippen LogP contribution in [0, 0.1) is 0 Å². The molecule has 0 amide bonds. The lowest BCUT2D eigenvalue weighted by atomic mass is 9.78. The summed E-state index contributed by atoms with van der Waals surface area (Å²) in [4.78, 5) is 11.7. The Bertz CT molecular complexity index is 494. The van der Waals surface area contributed by atoms with Gasteiger partial charge < -0.3 is 14.6 Å². The van der Waals surface area contributed by atoms with Gasteiger partial charge in [-0.25, -0.2) is 0 Å². The molecule has 0 saturated carbocycles. The first-order valence-corrected chi connectivity index (χ1v) is 8.38. The number of aliphatic hydroxyl groups excluding tert-OH is 1. The number of aliphatic hydroxyl groups is 1. The van der Waals surface area contributed by atoms with Crippen molar-refractivity contribution in [3.05, 3.63) is 29.3 Å². The average molecular weight is 322 g/mol. The lowest BCUT2D eigenvalue weighted by Crippen LogP contribution is -2.19. The number of hydrogen-bond acceptors (Lipinski definition) is 4. The molecule has 0 aliphatic heterocycles. The Morgan fingerprint density at radius 2 is 2.00 bits per heavy atom. The minimum atomic E-state index is -0.320. The Balaban J connectivity index is 2.91. The summed E-state index contributed by atoms with van der Waals surface area (Å²) in [5, 5.41) is 8.71. The Morgan fingerprint density at radius 1 is 1.26 bits per heavy atom. The molecule has 0 fully saturated rings.